The zero-order valence-corrected chi connectivity index (χ0v) is 23.9. The molecule has 1 saturated carbocycles. The topological polar surface area (TPSA) is 112 Å². The number of anilines is 2. The van der Waals surface area contributed by atoms with Crippen LogP contribution in [0.15, 0.2) is 17.2 Å². The van der Waals surface area contributed by atoms with Crippen molar-refractivity contribution in [3.05, 3.63) is 44.4 Å². The van der Waals surface area contributed by atoms with Crippen molar-refractivity contribution in [1.29, 1.82) is 0 Å². The fourth-order valence-electron chi connectivity index (χ4n) is 7.16. The van der Waals surface area contributed by atoms with E-state index in [4.69, 9.17) is 0 Å². The van der Waals surface area contributed by atoms with Crippen LogP contribution < -0.4 is 16.2 Å². The van der Waals surface area contributed by atoms with Gasteiger partial charge < -0.3 is 20.4 Å². The van der Waals surface area contributed by atoms with E-state index in [9.17, 15) is 14.4 Å². The number of hydrogen-bond acceptors (Lipinski definition) is 8. The van der Waals surface area contributed by atoms with Gasteiger partial charge in [0.2, 0.25) is 5.91 Å². The van der Waals surface area contributed by atoms with Crippen LogP contribution in [0.5, 0.6) is 0 Å². The van der Waals surface area contributed by atoms with Gasteiger partial charge in [0.25, 0.3) is 11.5 Å². The van der Waals surface area contributed by atoms with E-state index < -0.39 is 5.66 Å². The first-order valence-electron chi connectivity index (χ1n) is 14.4. The summed E-state index contributed by atoms with van der Waals surface area (Å²) in [7, 11) is 2.10. The summed E-state index contributed by atoms with van der Waals surface area (Å²) >= 11 is 1.63. The van der Waals surface area contributed by atoms with Crippen LogP contribution in [-0.4, -0.2) is 69.4 Å². The molecular formula is C29H35N7O3S. The maximum absolute atomic E-state index is 13.9. The van der Waals surface area contributed by atoms with E-state index in [2.05, 4.69) is 32.5 Å². The predicted molar refractivity (Wildman–Crippen MR) is 154 cm³/mol. The average Bonchev–Trinajstić information content (AvgIpc) is 3.47. The van der Waals surface area contributed by atoms with E-state index in [-0.39, 0.29) is 23.3 Å². The second-order valence-electron chi connectivity index (χ2n) is 11.9. The molecule has 2 aliphatic carbocycles. The number of thiophene rings is 1. The molecule has 210 valence electrons. The largest absolute Gasteiger partial charge is 0.340 e. The molecule has 1 saturated heterocycles. The highest BCUT2D eigenvalue weighted by Gasteiger charge is 2.45. The maximum Gasteiger partial charge on any atom is 0.276 e. The summed E-state index contributed by atoms with van der Waals surface area (Å²) < 4.78 is 1.71. The van der Waals surface area contributed by atoms with Gasteiger partial charge in [0, 0.05) is 37.0 Å². The van der Waals surface area contributed by atoms with Crippen LogP contribution in [0.25, 0.3) is 10.2 Å². The number of pyridine rings is 1. The number of fused-ring (bicyclic) bond motifs is 5. The summed E-state index contributed by atoms with van der Waals surface area (Å²) in [5.41, 5.74) is 2.00. The minimum atomic E-state index is -0.641. The van der Waals surface area contributed by atoms with Gasteiger partial charge in [0.15, 0.2) is 0 Å². The number of rotatable bonds is 3. The number of aromatic nitrogens is 3. The van der Waals surface area contributed by atoms with Crippen LogP contribution >= 0.6 is 11.3 Å². The van der Waals surface area contributed by atoms with Crippen molar-refractivity contribution in [3.63, 3.8) is 0 Å². The lowest BCUT2D eigenvalue weighted by molar-refractivity contribution is -0.137. The number of hydrogen-bond donors (Lipinski definition) is 2. The van der Waals surface area contributed by atoms with Gasteiger partial charge in [-0.25, -0.2) is 9.97 Å². The van der Waals surface area contributed by atoms with Gasteiger partial charge >= 0.3 is 0 Å². The Morgan fingerprint density at radius 2 is 1.90 bits per heavy atom. The van der Waals surface area contributed by atoms with Crippen LogP contribution in [-0.2, 0) is 23.3 Å². The highest BCUT2D eigenvalue weighted by atomic mass is 32.1. The molecule has 0 bridgehead atoms. The summed E-state index contributed by atoms with van der Waals surface area (Å²) in [6, 6.07) is 1.77. The smallest absolute Gasteiger partial charge is 0.276 e. The third-order valence-corrected chi connectivity index (χ3v) is 10.5. The fourth-order valence-corrected chi connectivity index (χ4v) is 8.43. The molecule has 0 aromatic carbocycles. The van der Waals surface area contributed by atoms with Crippen molar-refractivity contribution in [2.24, 2.45) is 5.92 Å². The van der Waals surface area contributed by atoms with Crippen LogP contribution in [0.2, 0.25) is 0 Å². The minimum absolute atomic E-state index is 0.00550. The zero-order valence-electron chi connectivity index (χ0n) is 23.1. The average molecular weight is 562 g/mol. The summed E-state index contributed by atoms with van der Waals surface area (Å²) in [6.45, 7) is 5.32. The van der Waals surface area contributed by atoms with E-state index in [1.807, 2.05) is 11.8 Å². The van der Waals surface area contributed by atoms with Gasteiger partial charge in [-0.15, -0.1) is 11.3 Å². The molecule has 10 nitrogen and oxygen atoms in total. The van der Waals surface area contributed by atoms with Crippen LogP contribution in [0.4, 0.5) is 11.5 Å². The van der Waals surface area contributed by atoms with Crippen molar-refractivity contribution < 1.29 is 9.59 Å². The van der Waals surface area contributed by atoms with Gasteiger partial charge in [0.05, 0.1) is 5.39 Å². The first-order valence-corrected chi connectivity index (χ1v) is 15.3. The van der Waals surface area contributed by atoms with Crippen molar-refractivity contribution >= 4 is 44.9 Å². The second-order valence-corrected chi connectivity index (χ2v) is 13.0. The molecule has 5 heterocycles. The van der Waals surface area contributed by atoms with E-state index in [0.717, 1.165) is 93.3 Å². The molecule has 2 fully saturated rings. The summed E-state index contributed by atoms with van der Waals surface area (Å²) in [5.74, 6) is 0.703. The number of piperazine rings is 1. The molecule has 3 aromatic rings. The Kier molecular flexibility index (Phi) is 6.19. The number of amides is 2. The number of nitrogens with one attached hydrogen (secondary N) is 2. The van der Waals surface area contributed by atoms with Crippen molar-refractivity contribution in [2.75, 3.05) is 38.5 Å². The molecule has 40 heavy (non-hydrogen) atoms. The lowest BCUT2D eigenvalue weighted by Gasteiger charge is -2.35. The van der Waals surface area contributed by atoms with Gasteiger partial charge in [-0.3, -0.25) is 19.0 Å². The Morgan fingerprint density at radius 1 is 1.12 bits per heavy atom. The number of likely N-dealkylation sites (N-methyl/N-ethyl adjacent to an activating group) is 1. The molecule has 0 unspecified atom stereocenters. The molecule has 2 aliphatic heterocycles. The lowest BCUT2D eigenvalue weighted by atomic mass is 9.86. The lowest BCUT2D eigenvalue weighted by Crippen LogP contribution is -2.49. The molecule has 1 spiro atoms. The normalized spacial score (nSPS) is 22.3. The predicted octanol–water partition coefficient (Wildman–Crippen LogP) is 3.14. The highest BCUT2D eigenvalue weighted by molar-refractivity contribution is 7.19. The second kappa shape index (κ2) is 9.66. The zero-order chi connectivity index (χ0) is 27.6. The Hall–Kier alpha value is -3.31. The maximum atomic E-state index is 13.9. The molecule has 1 atom stereocenters. The summed E-state index contributed by atoms with van der Waals surface area (Å²) in [4.78, 5) is 55.6. The van der Waals surface area contributed by atoms with E-state index in [1.54, 1.807) is 22.0 Å². The highest BCUT2D eigenvalue weighted by Crippen LogP contribution is 2.41. The van der Waals surface area contributed by atoms with Crippen molar-refractivity contribution in [3.8, 4) is 0 Å². The monoisotopic (exact) mass is 561 g/mol. The summed E-state index contributed by atoms with van der Waals surface area (Å²) in [6.07, 6.45) is 8.44. The Labute approximate surface area is 236 Å². The quantitative estimate of drug-likeness (QED) is 0.505. The minimum Gasteiger partial charge on any atom is -0.340 e. The van der Waals surface area contributed by atoms with Crippen LogP contribution in [0, 0.1) is 12.8 Å². The van der Waals surface area contributed by atoms with Crippen molar-refractivity contribution in [2.45, 2.75) is 64.0 Å². The SMILES string of the molecule is Cc1cc(Nc2ncnc3sc4c(c23)CC[C@H](C(=O)N2CCN(C)CC2)C4)c(=O)n2c1C(=O)NC21CCCCC1. The number of carbonyl (C=O) groups is 2. The van der Waals surface area contributed by atoms with Gasteiger partial charge in [-0.2, -0.15) is 0 Å². The molecule has 4 aliphatic rings. The van der Waals surface area contributed by atoms with Gasteiger partial charge in [-0.05, 0) is 76.1 Å². The molecule has 11 heteroatoms. The van der Waals surface area contributed by atoms with Crippen LogP contribution in [0.1, 0.15) is 65.0 Å². The van der Waals surface area contributed by atoms with Gasteiger partial charge in [0.1, 0.15) is 34.0 Å². The molecule has 3 aromatic heterocycles. The third kappa shape index (κ3) is 4.04. The Bertz CT molecular complexity index is 1580. The van der Waals surface area contributed by atoms with E-state index in [1.165, 1.54) is 16.8 Å². The molecular weight excluding hydrogens is 526 g/mol. The third-order valence-electron chi connectivity index (χ3n) is 9.32. The van der Waals surface area contributed by atoms with Crippen LogP contribution in [0.3, 0.4) is 0 Å². The number of carbonyl (C=O) groups excluding carboxylic acids is 2. The first-order chi connectivity index (χ1) is 19.3. The van der Waals surface area contributed by atoms with Gasteiger partial charge in [-0.1, -0.05) is 6.42 Å². The molecule has 7 rings (SSSR count). The number of nitrogens with zero attached hydrogens (tertiary/aromatic N) is 5. The standard InChI is InChI=1S/C29H35N7O3S/c1-17-14-20(28(39)36-23(17)25(37)33-29(36)8-4-3-5-9-29)32-24-22-19-7-6-18(15-21(19)40-26(22)31-16-30-24)27(38)35-12-10-34(2)11-13-35/h14,16,18H,3-13,15H2,1-2H3,(H,33,37)(H,30,31,32)/t18-/m0/s1. The first kappa shape index (κ1) is 25.6. The number of aryl methyl sites for hydroxylation is 2. The Balaban J connectivity index is 1.21. The molecule has 2 amide bonds. The van der Waals surface area contributed by atoms with E-state index >= 15 is 0 Å². The van der Waals surface area contributed by atoms with Crippen molar-refractivity contribution in [1.82, 2.24) is 29.7 Å². The summed E-state index contributed by atoms with van der Waals surface area (Å²) in [5, 5.41) is 7.45. The van der Waals surface area contributed by atoms with E-state index in [0.29, 0.717) is 17.2 Å². The Morgan fingerprint density at radius 3 is 2.67 bits per heavy atom. The molecule has 0 radical (unpaired) electrons. The molecule has 2 N–H and O–H groups in total. The fraction of sp³-hybridized carbons (Fsp3) is 0.552.